The van der Waals surface area contributed by atoms with Gasteiger partial charge in [-0.2, -0.15) is 0 Å². The van der Waals surface area contributed by atoms with Crippen LogP contribution in [0.25, 0.3) is 10.2 Å². The van der Waals surface area contributed by atoms with Gasteiger partial charge in [0.1, 0.15) is 10.8 Å². The molecule has 0 saturated heterocycles. The van der Waals surface area contributed by atoms with Gasteiger partial charge in [-0.05, 0) is 24.3 Å². The standard InChI is InChI=1S/C15H13NOS2/c1-17-12-7-3-5-9-14(12)18-10-15-16-11-6-2-4-8-13(11)19-15/h2-9H,10H2,1H3. The first-order valence-electron chi connectivity index (χ1n) is 5.97. The van der Waals surface area contributed by atoms with E-state index in [-0.39, 0.29) is 0 Å². The van der Waals surface area contributed by atoms with Crippen LogP contribution in [0.3, 0.4) is 0 Å². The molecule has 0 bridgehead atoms. The highest BCUT2D eigenvalue weighted by atomic mass is 32.2. The molecule has 19 heavy (non-hydrogen) atoms. The summed E-state index contributed by atoms with van der Waals surface area (Å²) in [6, 6.07) is 16.3. The molecule has 1 heterocycles. The van der Waals surface area contributed by atoms with Crippen molar-refractivity contribution in [3.63, 3.8) is 0 Å². The molecule has 3 aromatic rings. The Morgan fingerprint density at radius 1 is 1.11 bits per heavy atom. The monoisotopic (exact) mass is 287 g/mol. The second-order valence-electron chi connectivity index (χ2n) is 4.01. The molecule has 0 fully saturated rings. The molecule has 96 valence electrons. The number of aromatic nitrogens is 1. The molecule has 0 saturated carbocycles. The van der Waals surface area contributed by atoms with Crippen molar-refractivity contribution in [2.75, 3.05) is 7.11 Å². The SMILES string of the molecule is COc1ccccc1SCc1nc2ccccc2s1. The predicted molar refractivity (Wildman–Crippen MR) is 82.2 cm³/mol. The summed E-state index contributed by atoms with van der Waals surface area (Å²) in [4.78, 5) is 5.80. The van der Waals surface area contributed by atoms with E-state index in [1.54, 1.807) is 30.2 Å². The summed E-state index contributed by atoms with van der Waals surface area (Å²) >= 11 is 3.52. The van der Waals surface area contributed by atoms with Gasteiger partial charge in [-0.25, -0.2) is 4.98 Å². The largest absolute Gasteiger partial charge is 0.496 e. The van der Waals surface area contributed by atoms with Crippen molar-refractivity contribution in [1.82, 2.24) is 4.98 Å². The number of fused-ring (bicyclic) bond motifs is 1. The van der Waals surface area contributed by atoms with Gasteiger partial charge in [-0.3, -0.25) is 0 Å². The second kappa shape index (κ2) is 5.63. The highest BCUT2D eigenvalue weighted by molar-refractivity contribution is 7.98. The van der Waals surface area contributed by atoms with Crippen LogP contribution in [0.4, 0.5) is 0 Å². The molecule has 2 aromatic carbocycles. The van der Waals surface area contributed by atoms with Gasteiger partial charge in [-0.1, -0.05) is 24.3 Å². The van der Waals surface area contributed by atoms with Crippen molar-refractivity contribution in [3.8, 4) is 5.75 Å². The average Bonchev–Trinajstić information content (AvgIpc) is 2.88. The Bertz CT molecular complexity index is 660. The van der Waals surface area contributed by atoms with Crippen molar-refractivity contribution in [2.45, 2.75) is 10.6 Å². The molecule has 2 nitrogen and oxygen atoms in total. The first-order valence-corrected chi connectivity index (χ1v) is 7.77. The van der Waals surface area contributed by atoms with Gasteiger partial charge < -0.3 is 4.74 Å². The van der Waals surface area contributed by atoms with Crippen LogP contribution in [-0.4, -0.2) is 12.1 Å². The summed E-state index contributed by atoms with van der Waals surface area (Å²) in [5.74, 6) is 1.80. The number of thiazole rings is 1. The summed E-state index contributed by atoms with van der Waals surface area (Å²) in [6.45, 7) is 0. The van der Waals surface area contributed by atoms with Crippen molar-refractivity contribution in [3.05, 3.63) is 53.5 Å². The zero-order chi connectivity index (χ0) is 13.1. The Balaban J connectivity index is 1.78. The van der Waals surface area contributed by atoms with Gasteiger partial charge in [0.25, 0.3) is 0 Å². The molecule has 4 heteroatoms. The van der Waals surface area contributed by atoms with Crippen molar-refractivity contribution in [2.24, 2.45) is 0 Å². The van der Waals surface area contributed by atoms with E-state index in [4.69, 9.17) is 4.74 Å². The number of methoxy groups -OCH3 is 1. The van der Waals surface area contributed by atoms with Crippen molar-refractivity contribution >= 4 is 33.3 Å². The number of rotatable bonds is 4. The highest BCUT2D eigenvalue weighted by Gasteiger charge is 2.06. The van der Waals surface area contributed by atoms with Gasteiger partial charge in [0, 0.05) is 4.90 Å². The molecule has 0 spiro atoms. The average molecular weight is 287 g/mol. The van der Waals surface area contributed by atoms with E-state index >= 15 is 0 Å². The van der Waals surface area contributed by atoms with Gasteiger partial charge in [-0.15, -0.1) is 23.1 Å². The molecule has 0 aliphatic rings. The molecule has 1 aromatic heterocycles. The van der Waals surface area contributed by atoms with Crippen molar-refractivity contribution in [1.29, 1.82) is 0 Å². The third-order valence-electron chi connectivity index (χ3n) is 2.76. The highest BCUT2D eigenvalue weighted by Crippen LogP contribution is 2.33. The van der Waals surface area contributed by atoms with Crippen LogP contribution < -0.4 is 4.74 Å². The summed E-state index contributed by atoms with van der Waals surface area (Å²) in [6.07, 6.45) is 0. The fourth-order valence-electron chi connectivity index (χ4n) is 1.86. The van der Waals surface area contributed by atoms with Crippen molar-refractivity contribution < 1.29 is 4.74 Å². The lowest BCUT2D eigenvalue weighted by Crippen LogP contribution is -1.86. The lowest BCUT2D eigenvalue weighted by Gasteiger charge is -2.05. The zero-order valence-corrected chi connectivity index (χ0v) is 12.1. The maximum Gasteiger partial charge on any atom is 0.132 e. The van der Waals surface area contributed by atoms with Crippen LogP contribution in [0.1, 0.15) is 5.01 Å². The van der Waals surface area contributed by atoms with Crippen LogP contribution >= 0.6 is 23.1 Å². The van der Waals surface area contributed by atoms with Gasteiger partial charge >= 0.3 is 0 Å². The first kappa shape index (κ1) is 12.5. The summed E-state index contributed by atoms with van der Waals surface area (Å²) < 4.78 is 6.60. The molecule has 3 rings (SSSR count). The minimum atomic E-state index is 0.875. The summed E-state index contributed by atoms with van der Waals surface area (Å²) in [5, 5.41) is 1.15. The fourth-order valence-corrected chi connectivity index (χ4v) is 3.85. The molecule has 0 unspecified atom stereocenters. The van der Waals surface area contributed by atoms with Gasteiger partial charge in [0.2, 0.25) is 0 Å². The van der Waals surface area contributed by atoms with E-state index < -0.39 is 0 Å². The number of hydrogen-bond acceptors (Lipinski definition) is 4. The maximum absolute atomic E-state index is 5.35. The molecule has 0 aliphatic carbocycles. The fraction of sp³-hybridized carbons (Fsp3) is 0.133. The van der Waals surface area contributed by atoms with E-state index in [2.05, 4.69) is 29.2 Å². The molecule has 0 atom stereocenters. The van der Waals surface area contributed by atoms with Gasteiger partial charge in [0.15, 0.2) is 0 Å². The Hall–Kier alpha value is -1.52. The number of ether oxygens (including phenoxy) is 1. The van der Waals surface area contributed by atoms with Gasteiger partial charge in [0.05, 0.1) is 23.1 Å². The molecule has 0 radical (unpaired) electrons. The zero-order valence-electron chi connectivity index (χ0n) is 10.5. The minimum absolute atomic E-state index is 0.875. The predicted octanol–water partition coefficient (Wildman–Crippen LogP) is 4.60. The Kier molecular flexibility index (Phi) is 3.71. The molecular weight excluding hydrogens is 274 g/mol. The minimum Gasteiger partial charge on any atom is -0.496 e. The van der Waals surface area contributed by atoms with Crippen LogP contribution in [0.5, 0.6) is 5.75 Å². The number of para-hydroxylation sites is 2. The molecule has 0 amide bonds. The van der Waals surface area contributed by atoms with E-state index in [0.717, 1.165) is 26.9 Å². The molecular formula is C15H13NOS2. The number of nitrogens with zero attached hydrogens (tertiary/aromatic N) is 1. The van der Waals surface area contributed by atoms with Crippen LogP contribution in [-0.2, 0) is 5.75 Å². The van der Waals surface area contributed by atoms with E-state index in [9.17, 15) is 0 Å². The van der Waals surface area contributed by atoms with Crippen LogP contribution in [0, 0.1) is 0 Å². The number of hydrogen-bond donors (Lipinski definition) is 0. The van der Waals surface area contributed by atoms with E-state index in [0.29, 0.717) is 0 Å². The van der Waals surface area contributed by atoms with Crippen LogP contribution in [0.15, 0.2) is 53.4 Å². The maximum atomic E-state index is 5.35. The molecule has 0 aliphatic heterocycles. The lowest BCUT2D eigenvalue weighted by atomic mass is 10.3. The quantitative estimate of drug-likeness (QED) is 0.655. The third kappa shape index (κ3) is 2.74. The topological polar surface area (TPSA) is 22.1 Å². The Morgan fingerprint density at radius 2 is 1.89 bits per heavy atom. The second-order valence-corrected chi connectivity index (χ2v) is 6.15. The smallest absolute Gasteiger partial charge is 0.132 e. The van der Waals surface area contributed by atoms with E-state index in [1.807, 2.05) is 24.3 Å². The molecule has 0 N–H and O–H groups in total. The third-order valence-corrected chi connectivity index (χ3v) is 5.04. The Labute approximate surface area is 120 Å². The van der Waals surface area contributed by atoms with E-state index in [1.165, 1.54) is 4.70 Å². The van der Waals surface area contributed by atoms with Crippen LogP contribution in [0.2, 0.25) is 0 Å². The number of thioether (sulfide) groups is 1. The normalized spacial score (nSPS) is 10.8. The first-order chi connectivity index (χ1) is 9.36. The Morgan fingerprint density at radius 3 is 2.74 bits per heavy atom. The summed E-state index contributed by atoms with van der Waals surface area (Å²) in [7, 11) is 1.71. The lowest BCUT2D eigenvalue weighted by molar-refractivity contribution is 0.405. The summed E-state index contributed by atoms with van der Waals surface area (Å²) in [5.41, 5.74) is 1.09. The number of benzene rings is 2.